The molecule has 3 aromatic rings. The van der Waals surface area contributed by atoms with Crippen LogP contribution in [-0.2, 0) is 4.79 Å². The molecule has 0 saturated carbocycles. The lowest BCUT2D eigenvalue weighted by atomic mass is 10.1. The number of amides is 1. The van der Waals surface area contributed by atoms with Gasteiger partial charge in [-0.1, -0.05) is 23.7 Å². The van der Waals surface area contributed by atoms with Gasteiger partial charge in [0.05, 0.1) is 11.6 Å². The molecule has 0 aliphatic heterocycles. The van der Waals surface area contributed by atoms with E-state index in [4.69, 9.17) is 25.7 Å². The molecular formula is C19H18ClN3O4. The average Bonchev–Trinajstić information content (AvgIpc) is 3.12. The molecule has 1 atom stereocenters. The third kappa shape index (κ3) is 4.57. The van der Waals surface area contributed by atoms with Gasteiger partial charge in [0.25, 0.3) is 5.91 Å². The van der Waals surface area contributed by atoms with Crippen molar-refractivity contribution in [2.45, 2.75) is 20.0 Å². The summed E-state index contributed by atoms with van der Waals surface area (Å²) >= 11 is 6.05. The maximum absolute atomic E-state index is 12.4. The van der Waals surface area contributed by atoms with Crippen molar-refractivity contribution >= 4 is 23.3 Å². The van der Waals surface area contributed by atoms with E-state index in [0.717, 1.165) is 11.3 Å². The molecule has 0 aliphatic rings. The van der Waals surface area contributed by atoms with E-state index in [2.05, 4.69) is 15.6 Å². The number of nitrogens with zero attached hydrogens (tertiary/aromatic N) is 2. The topological polar surface area (TPSA) is 86.5 Å². The second kappa shape index (κ2) is 8.55. The lowest BCUT2D eigenvalue weighted by Crippen LogP contribution is -2.30. The Morgan fingerprint density at radius 3 is 2.63 bits per heavy atom. The monoisotopic (exact) mass is 387 g/mol. The summed E-state index contributed by atoms with van der Waals surface area (Å²) in [6.07, 6.45) is -0.796. The minimum atomic E-state index is -0.796. The van der Waals surface area contributed by atoms with Gasteiger partial charge in [0.15, 0.2) is 11.8 Å². The van der Waals surface area contributed by atoms with Crippen LogP contribution in [0, 0.1) is 0 Å². The van der Waals surface area contributed by atoms with E-state index in [9.17, 15) is 4.79 Å². The van der Waals surface area contributed by atoms with Crippen molar-refractivity contribution in [2.75, 3.05) is 11.9 Å². The molecule has 1 N–H and O–H groups in total. The van der Waals surface area contributed by atoms with Gasteiger partial charge in [0.2, 0.25) is 5.82 Å². The predicted molar refractivity (Wildman–Crippen MR) is 101 cm³/mol. The summed E-state index contributed by atoms with van der Waals surface area (Å²) in [7, 11) is 0. The molecule has 1 amide bonds. The van der Waals surface area contributed by atoms with Gasteiger partial charge in [-0.05, 0) is 60.6 Å². The number of carbonyl (C=O) groups excluding carboxylic acids is 1. The number of halogens is 1. The van der Waals surface area contributed by atoms with Crippen LogP contribution in [-0.4, -0.2) is 28.9 Å². The highest BCUT2D eigenvalue weighted by Gasteiger charge is 2.21. The number of benzene rings is 2. The van der Waals surface area contributed by atoms with E-state index in [0.29, 0.717) is 23.1 Å². The molecule has 0 radical (unpaired) electrons. The summed E-state index contributed by atoms with van der Waals surface area (Å²) in [6, 6.07) is 14.2. The summed E-state index contributed by atoms with van der Waals surface area (Å²) in [5.74, 6) is 0.966. The molecule has 0 spiro atoms. The number of hydrogen-bond acceptors (Lipinski definition) is 6. The number of hydrogen-bond donors (Lipinski definition) is 1. The molecule has 1 heterocycles. The molecule has 2 aromatic carbocycles. The lowest BCUT2D eigenvalue weighted by Gasteiger charge is -2.14. The fourth-order valence-corrected chi connectivity index (χ4v) is 2.52. The second-order valence-corrected chi connectivity index (χ2v) is 6.01. The van der Waals surface area contributed by atoms with E-state index in [1.54, 1.807) is 31.2 Å². The fraction of sp³-hybridized carbons (Fsp3) is 0.211. The van der Waals surface area contributed by atoms with Crippen LogP contribution in [0.2, 0.25) is 5.02 Å². The van der Waals surface area contributed by atoms with Gasteiger partial charge < -0.3 is 14.8 Å². The highest BCUT2D eigenvalue weighted by molar-refractivity contribution is 6.32. The molecule has 0 unspecified atom stereocenters. The first-order valence-corrected chi connectivity index (χ1v) is 8.74. The summed E-state index contributed by atoms with van der Waals surface area (Å²) in [6.45, 7) is 4.10. The maximum atomic E-state index is 12.4. The SMILES string of the molecule is CCOc1ccc(-c2nonc2NC(=O)[C@H](C)Oc2ccccc2Cl)cc1. The number of rotatable bonds is 7. The average molecular weight is 388 g/mol. The molecule has 0 saturated heterocycles. The van der Waals surface area contributed by atoms with E-state index >= 15 is 0 Å². The van der Waals surface area contributed by atoms with Crippen LogP contribution in [0.25, 0.3) is 11.3 Å². The number of anilines is 1. The van der Waals surface area contributed by atoms with Crippen molar-refractivity contribution in [3.05, 3.63) is 53.6 Å². The highest BCUT2D eigenvalue weighted by atomic mass is 35.5. The molecule has 1 aromatic heterocycles. The number of ether oxygens (including phenoxy) is 2. The number of carbonyl (C=O) groups is 1. The largest absolute Gasteiger partial charge is 0.494 e. The van der Waals surface area contributed by atoms with Crippen LogP contribution in [0.15, 0.2) is 53.2 Å². The Hall–Kier alpha value is -3.06. The summed E-state index contributed by atoms with van der Waals surface area (Å²) < 4.78 is 15.8. The van der Waals surface area contributed by atoms with Gasteiger partial charge >= 0.3 is 0 Å². The van der Waals surface area contributed by atoms with Gasteiger partial charge in [-0.15, -0.1) is 0 Å². The minimum absolute atomic E-state index is 0.207. The van der Waals surface area contributed by atoms with E-state index < -0.39 is 12.0 Å². The molecule has 0 aliphatic carbocycles. The van der Waals surface area contributed by atoms with Crippen LogP contribution in [0.5, 0.6) is 11.5 Å². The number of aromatic nitrogens is 2. The molecule has 8 heteroatoms. The standard InChI is InChI=1S/C19H18ClN3O4/c1-3-25-14-10-8-13(9-11-14)17-18(23-27-22-17)21-19(24)12(2)26-16-7-5-4-6-15(16)20/h4-12H,3H2,1-2H3,(H,21,23,24)/t12-/m0/s1. The first-order valence-electron chi connectivity index (χ1n) is 8.36. The Kier molecular flexibility index (Phi) is 5.93. The third-order valence-corrected chi connectivity index (χ3v) is 3.99. The highest BCUT2D eigenvalue weighted by Crippen LogP contribution is 2.27. The van der Waals surface area contributed by atoms with Gasteiger partial charge in [0.1, 0.15) is 11.5 Å². The number of para-hydroxylation sites is 1. The maximum Gasteiger partial charge on any atom is 0.266 e. The van der Waals surface area contributed by atoms with E-state index in [-0.39, 0.29) is 5.82 Å². The van der Waals surface area contributed by atoms with Gasteiger partial charge in [-0.25, -0.2) is 4.63 Å². The van der Waals surface area contributed by atoms with Gasteiger partial charge in [-0.3, -0.25) is 4.79 Å². The fourth-order valence-electron chi connectivity index (χ4n) is 2.34. The molecule has 27 heavy (non-hydrogen) atoms. The van der Waals surface area contributed by atoms with Gasteiger partial charge in [-0.2, -0.15) is 0 Å². The normalized spacial score (nSPS) is 11.7. The second-order valence-electron chi connectivity index (χ2n) is 5.60. The summed E-state index contributed by atoms with van der Waals surface area (Å²) in [4.78, 5) is 12.4. The zero-order valence-electron chi connectivity index (χ0n) is 14.8. The zero-order chi connectivity index (χ0) is 19.2. The summed E-state index contributed by atoms with van der Waals surface area (Å²) in [5, 5.41) is 10.7. The minimum Gasteiger partial charge on any atom is -0.494 e. The molecule has 7 nitrogen and oxygen atoms in total. The predicted octanol–water partition coefficient (Wildman–Crippen LogP) is 4.19. The Balaban J connectivity index is 1.70. The smallest absolute Gasteiger partial charge is 0.266 e. The quantitative estimate of drug-likeness (QED) is 0.654. The zero-order valence-corrected chi connectivity index (χ0v) is 15.6. The molecule has 3 rings (SSSR count). The van der Waals surface area contributed by atoms with Crippen LogP contribution in [0.4, 0.5) is 5.82 Å². The first-order chi connectivity index (χ1) is 13.1. The van der Waals surface area contributed by atoms with Gasteiger partial charge in [0, 0.05) is 5.56 Å². The van der Waals surface area contributed by atoms with Crippen LogP contribution < -0.4 is 14.8 Å². The van der Waals surface area contributed by atoms with Crippen molar-refractivity contribution in [2.24, 2.45) is 0 Å². The number of nitrogens with one attached hydrogen (secondary N) is 1. The molecule has 0 bridgehead atoms. The molecular weight excluding hydrogens is 370 g/mol. The first kappa shape index (κ1) is 18.7. The van der Waals surface area contributed by atoms with Crippen molar-refractivity contribution < 1.29 is 18.9 Å². The van der Waals surface area contributed by atoms with Crippen LogP contribution >= 0.6 is 11.6 Å². The van der Waals surface area contributed by atoms with Crippen LogP contribution in [0.3, 0.4) is 0 Å². The summed E-state index contributed by atoms with van der Waals surface area (Å²) in [5.41, 5.74) is 1.14. The Morgan fingerprint density at radius 2 is 1.93 bits per heavy atom. The van der Waals surface area contributed by atoms with Crippen molar-refractivity contribution in [3.63, 3.8) is 0 Å². The Bertz CT molecular complexity index is 911. The van der Waals surface area contributed by atoms with Crippen molar-refractivity contribution in [1.29, 1.82) is 0 Å². The van der Waals surface area contributed by atoms with Crippen molar-refractivity contribution in [3.8, 4) is 22.8 Å². The van der Waals surface area contributed by atoms with E-state index in [1.807, 2.05) is 31.2 Å². The molecule has 0 fully saturated rings. The Morgan fingerprint density at radius 1 is 1.19 bits per heavy atom. The van der Waals surface area contributed by atoms with E-state index in [1.165, 1.54) is 0 Å². The van der Waals surface area contributed by atoms with Crippen molar-refractivity contribution in [1.82, 2.24) is 10.3 Å². The Labute approximate surface area is 161 Å². The lowest BCUT2D eigenvalue weighted by molar-refractivity contribution is -0.122. The van der Waals surface area contributed by atoms with Crippen LogP contribution in [0.1, 0.15) is 13.8 Å². The third-order valence-electron chi connectivity index (χ3n) is 3.68. The molecule has 140 valence electrons.